The van der Waals surface area contributed by atoms with Crippen molar-refractivity contribution in [3.05, 3.63) is 29.8 Å². The first-order valence-electron chi connectivity index (χ1n) is 9.29. The molecule has 0 heterocycles. The van der Waals surface area contributed by atoms with Crippen LogP contribution in [0, 0.1) is 0 Å². The third-order valence-electron chi connectivity index (χ3n) is 4.17. The molecule has 3 rings (SSSR count). The van der Waals surface area contributed by atoms with Crippen molar-refractivity contribution < 1.29 is 9.53 Å². The first-order chi connectivity index (χ1) is 12.2. The first kappa shape index (κ1) is 17.6. The first-order valence-corrected chi connectivity index (χ1v) is 9.29. The van der Waals surface area contributed by atoms with Gasteiger partial charge in [-0.25, -0.2) is 0 Å². The second-order valence-electron chi connectivity index (χ2n) is 6.70. The van der Waals surface area contributed by atoms with Gasteiger partial charge in [0.2, 0.25) is 0 Å². The van der Waals surface area contributed by atoms with Crippen molar-refractivity contribution in [3.63, 3.8) is 0 Å². The molecular weight excluding hydrogens is 316 g/mol. The Balaban J connectivity index is 1.39. The minimum Gasteiger partial charge on any atom is -0.484 e. The van der Waals surface area contributed by atoms with Gasteiger partial charge in [-0.05, 0) is 56.7 Å². The van der Waals surface area contributed by atoms with Crippen molar-refractivity contribution in [2.45, 2.75) is 51.1 Å². The van der Waals surface area contributed by atoms with E-state index in [2.05, 4.69) is 27.9 Å². The summed E-state index contributed by atoms with van der Waals surface area (Å²) in [6.07, 6.45) is 5.54. The Bertz CT molecular complexity index is 592. The van der Waals surface area contributed by atoms with Crippen LogP contribution in [0.3, 0.4) is 0 Å². The number of carbonyl (C=O) groups is 1. The van der Waals surface area contributed by atoms with Gasteiger partial charge in [0.1, 0.15) is 5.75 Å². The molecule has 0 aliphatic heterocycles. The maximum Gasteiger partial charge on any atom is 0.258 e. The number of amides is 1. The Kier molecular flexibility index (Phi) is 6.14. The SMILES string of the molecule is CCNC(=NCCc1ccc(OCC(=O)NC2CC2)cc1)NC1CC1. The molecular formula is C19H28N4O2. The van der Waals surface area contributed by atoms with Crippen LogP contribution in [0.4, 0.5) is 0 Å². The number of guanidine groups is 1. The topological polar surface area (TPSA) is 74.8 Å². The average molecular weight is 344 g/mol. The Labute approximate surface area is 149 Å². The molecule has 2 fully saturated rings. The fourth-order valence-electron chi connectivity index (χ4n) is 2.44. The summed E-state index contributed by atoms with van der Waals surface area (Å²) in [6, 6.07) is 8.87. The summed E-state index contributed by atoms with van der Waals surface area (Å²) >= 11 is 0. The molecule has 1 amide bonds. The van der Waals surface area contributed by atoms with Gasteiger partial charge < -0.3 is 20.7 Å². The molecule has 0 spiro atoms. The fourth-order valence-corrected chi connectivity index (χ4v) is 2.44. The van der Waals surface area contributed by atoms with Gasteiger partial charge in [-0.3, -0.25) is 9.79 Å². The summed E-state index contributed by atoms with van der Waals surface area (Å²) in [6.45, 7) is 3.78. The number of benzene rings is 1. The van der Waals surface area contributed by atoms with E-state index in [9.17, 15) is 4.79 Å². The maximum absolute atomic E-state index is 11.6. The monoisotopic (exact) mass is 344 g/mol. The molecule has 0 aromatic heterocycles. The molecule has 1 aromatic carbocycles. The van der Waals surface area contributed by atoms with Crippen molar-refractivity contribution in [2.24, 2.45) is 4.99 Å². The standard InChI is InChI=1S/C19H28N4O2/c1-2-20-19(23-16-7-8-16)21-12-11-14-3-9-17(10-4-14)25-13-18(24)22-15-5-6-15/h3-4,9-10,15-16H,2,5-8,11-13H2,1H3,(H,22,24)(H2,20,21,23). The smallest absolute Gasteiger partial charge is 0.258 e. The number of hydrogen-bond acceptors (Lipinski definition) is 3. The lowest BCUT2D eigenvalue weighted by Crippen LogP contribution is -2.38. The van der Waals surface area contributed by atoms with E-state index in [0.29, 0.717) is 12.1 Å². The van der Waals surface area contributed by atoms with Gasteiger partial charge in [-0.15, -0.1) is 0 Å². The van der Waals surface area contributed by atoms with Gasteiger partial charge in [0.25, 0.3) is 5.91 Å². The summed E-state index contributed by atoms with van der Waals surface area (Å²) in [4.78, 5) is 16.2. The summed E-state index contributed by atoms with van der Waals surface area (Å²) in [5.74, 6) is 1.59. The van der Waals surface area contributed by atoms with Crippen LogP contribution in [-0.2, 0) is 11.2 Å². The van der Waals surface area contributed by atoms with Gasteiger partial charge in [0.05, 0.1) is 0 Å². The van der Waals surface area contributed by atoms with Crippen LogP contribution < -0.4 is 20.7 Å². The molecule has 0 unspecified atom stereocenters. The van der Waals surface area contributed by atoms with Crippen LogP contribution in [0.15, 0.2) is 29.3 Å². The predicted molar refractivity (Wildman–Crippen MR) is 98.9 cm³/mol. The van der Waals surface area contributed by atoms with Crippen molar-refractivity contribution in [1.29, 1.82) is 0 Å². The zero-order valence-electron chi connectivity index (χ0n) is 14.9. The van der Waals surface area contributed by atoms with E-state index in [-0.39, 0.29) is 12.5 Å². The van der Waals surface area contributed by atoms with Crippen molar-refractivity contribution in [1.82, 2.24) is 16.0 Å². The number of rotatable bonds is 9. The van der Waals surface area contributed by atoms with Gasteiger partial charge in [0, 0.05) is 25.2 Å². The molecule has 2 aliphatic rings. The molecule has 0 radical (unpaired) electrons. The summed E-state index contributed by atoms with van der Waals surface area (Å²) in [5.41, 5.74) is 1.21. The number of aliphatic imine (C=N–C) groups is 1. The number of carbonyl (C=O) groups excluding carboxylic acids is 1. The maximum atomic E-state index is 11.6. The summed E-state index contributed by atoms with van der Waals surface area (Å²) < 4.78 is 5.52. The van der Waals surface area contributed by atoms with Crippen LogP contribution in [0.5, 0.6) is 5.75 Å². The van der Waals surface area contributed by atoms with Gasteiger partial charge in [-0.1, -0.05) is 12.1 Å². The van der Waals surface area contributed by atoms with E-state index >= 15 is 0 Å². The molecule has 0 bridgehead atoms. The van der Waals surface area contributed by atoms with Crippen molar-refractivity contribution in [2.75, 3.05) is 19.7 Å². The minimum atomic E-state index is -0.0416. The lowest BCUT2D eigenvalue weighted by molar-refractivity contribution is -0.123. The number of ether oxygens (including phenoxy) is 1. The molecule has 1 aromatic rings. The van der Waals surface area contributed by atoms with Crippen LogP contribution in [0.25, 0.3) is 0 Å². The molecule has 0 saturated heterocycles. The Morgan fingerprint density at radius 2 is 1.80 bits per heavy atom. The zero-order valence-corrected chi connectivity index (χ0v) is 14.9. The van der Waals surface area contributed by atoms with E-state index in [1.807, 2.05) is 24.3 Å². The second kappa shape index (κ2) is 8.74. The fraction of sp³-hybridized carbons (Fsp3) is 0.579. The van der Waals surface area contributed by atoms with E-state index in [1.54, 1.807) is 0 Å². The third-order valence-corrected chi connectivity index (χ3v) is 4.17. The predicted octanol–water partition coefficient (Wildman–Crippen LogP) is 1.60. The van der Waals surface area contributed by atoms with Crippen molar-refractivity contribution >= 4 is 11.9 Å². The number of nitrogens with one attached hydrogen (secondary N) is 3. The van der Waals surface area contributed by atoms with Gasteiger partial charge in [-0.2, -0.15) is 0 Å². The Hall–Kier alpha value is -2.24. The lowest BCUT2D eigenvalue weighted by atomic mass is 10.1. The lowest BCUT2D eigenvalue weighted by Gasteiger charge is -2.10. The Morgan fingerprint density at radius 1 is 1.12 bits per heavy atom. The molecule has 2 aliphatic carbocycles. The summed E-state index contributed by atoms with van der Waals surface area (Å²) in [5, 5.41) is 9.60. The second-order valence-corrected chi connectivity index (χ2v) is 6.70. The highest BCUT2D eigenvalue weighted by Gasteiger charge is 2.23. The van der Waals surface area contributed by atoms with E-state index in [4.69, 9.17) is 4.74 Å². The molecule has 0 atom stereocenters. The largest absolute Gasteiger partial charge is 0.484 e. The van der Waals surface area contributed by atoms with Crippen LogP contribution >= 0.6 is 0 Å². The third kappa shape index (κ3) is 6.64. The van der Waals surface area contributed by atoms with E-state index in [1.165, 1.54) is 18.4 Å². The van der Waals surface area contributed by atoms with E-state index < -0.39 is 0 Å². The number of nitrogens with zero attached hydrogens (tertiary/aromatic N) is 1. The van der Waals surface area contributed by atoms with Gasteiger partial charge >= 0.3 is 0 Å². The zero-order chi connectivity index (χ0) is 17.5. The molecule has 136 valence electrons. The van der Waals surface area contributed by atoms with Crippen LogP contribution in [-0.4, -0.2) is 43.6 Å². The molecule has 25 heavy (non-hydrogen) atoms. The molecule has 6 nitrogen and oxygen atoms in total. The Morgan fingerprint density at radius 3 is 2.44 bits per heavy atom. The van der Waals surface area contributed by atoms with Crippen LogP contribution in [0.2, 0.25) is 0 Å². The normalized spacial score (nSPS) is 17.1. The van der Waals surface area contributed by atoms with Crippen molar-refractivity contribution in [3.8, 4) is 5.75 Å². The molecule has 6 heteroatoms. The van der Waals surface area contributed by atoms with Crippen LogP contribution in [0.1, 0.15) is 38.2 Å². The average Bonchev–Trinajstić information content (AvgIpc) is 3.51. The highest BCUT2D eigenvalue weighted by atomic mass is 16.5. The minimum absolute atomic E-state index is 0.0416. The molecule has 2 saturated carbocycles. The highest BCUT2D eigenvalue weighted by Crippen LogP contribution is 2.19. The van der Waals surface area contributed by atoms with E-state index in [0.717, 1.165) is 44.1 Å². The van der Waals surface area contributed by atoms with Gasteiger partial charge in [0.15, 0.2) is 12.6 Å². The number of hydrogen-bond donors (Lipinski definition) is 3. The quantitative estimate of drug-likeness (QED) is 0.470. The highest BCUT2D eigenvalue weighted by molar-refractivity contribution is 5.80. The molecule has 3 N–H and O–H groups in total. The summed E-state index contributed by atoms with van der Waals surface area (Å²) in [7, 11) is 0.